The minimum Gasteiger partial charge on any atom is -0.0843 e. The van der Waals surface area contributed by atoms with Crippen LogP contribution in [-0.4, -0.2) is 7.85 Å². The Morgan fingerprint density at radius 3 is 2.60 bits per heavy atom. The first-order valence-electron chi connectivity index (χ1n) is 3.17. The standard InChI is InChI=1S/C7H7BBrCl/c8-4-5-1-6(9)3-7(10)2-5/h1-3H,4,8H2. The van der Waals surface area contributed by atoms with Crippen LogP contribution >= 0.6 is 27.5 Å². The van der Waals surface area contributed by atoms with E-state index in [2.05, 4.69) is 29.8 Å². The van der Waals surface area contributed by atoms with Gasteiger partial charge in [0.25, 0.3) is 0 Å². The lowest BCUT2D eigenvalue weighted by atomic mass is 9.97. The van der Waals surface area contributed by atoms with E-state index in [1.807, 2.05) is 12.1 Å². The van der Waals surface area contributed by atoms with Gasteiger partial charge in [0, 0.05) is 9.50 Å². The fraction of sp³-hybridized carbons (Fsp3) is 0.143. The Morgan fingerprint density at radius 1 is 1.40 bits per heavy atom. The third kappa shape index (κ3) is 2.03. The molecule has 1 rings (SSSR count). The van der Waals surface area contributed by atoms with Crippen molar-refractivity contribution < 1.29 is 0 Å². The molecule has 0 aromatic heterocycles. The molecule has 0 spiro atoms. The summed E-state index contributed by atoms with van der Waals surface area (Å²) in [6.07, 6.45) is 1.03. The molecule has 0 aliphatic heterocycles. The van der Waals surface area contributed by atoms with Gasteiger partial charge >= 0.3 is 0 Å². The summed E-state index contributed by atoms with van der Waals surface area (Å²) < 4.78 is 1.05. The second-order valence-electron chi connectivity index (χ2n) is 2.13. The summed E-state index contributed by atoms with van der Waals surface area (Å²) in [6.45, 7) is 0. The lowest BCUT2D eigenvalue weighted by Crippen LogP contribution is -1.82. The number of hydrogen-bond donors (Lipinski definition) is 0. The molecule has 10 heavy (non-hydrogen) atoms. The highest BCUT2D eigenvalue weighted by atomic mass is 79.9. The Bertz CT molecular complexity index is 217. The molecule has 3 heteroatoms. The van der Waals surface area contributed by atoms with E-state index in [4.69, 9.17) is 11.6 Å². The van der Waals surface area contributed by atoms with Crippen molar-refractivity contribution >= 4 is 35.4 Å². The highest BCUT2D eigenvalue weighted by Crippen LogP contribution is 2.19. The van der Waals surface area contributed by atoms with Crippen LogP contribution in [0.1, 0.15) is 5.56 Å². The monoisotopic (exact) mass is 216 g/mol. The van der Waals surface area contributed by atoms with Crippen molar-refractivity contribution in [2.45, 2.75) is 6.32 Å². The molecular formula is C7H7BBrCl. The third-order valence-electron chi connectivity index (χ3n) is 1.33. The first-order valence-corrected chi connectivity index (χ1v) is 4.34. The van der Waals surface area contributed by atoms with Gasteiger partial charge in [-0.15, -0.1) is 0 Å². The van der Waals surface area contributed by atoms with Gasteiger partial charge in [-0.25, -0.2) is 0 Å². The molecule has 0 heterocycles. The van der Waals surface area contributed by atoms with Crippen molar-refractivity contribution in [3.05, 3.63) is 33.3 Å². The van der Waals surface area contributed by atoms with Crippen LogP contribution in [0, 0.1) is 0 Å². The van der Waals surface area contributed by atoms with Gasteiger partial charge < -0.3 is 0 Å². The van der Waals surface area contributed by atoms with Gasteiger partial charge in [0.2, 0.25) is 0 Å². The molecule has 0 fully saturated rings. The maximum atomic E-state index is 5.80. The van der Waals surface area contributed by atoms with Crippen LogP contribution in [0.3, 0.4) is 0 Å². The van der Waals surface area contributed by atoms with Crippen molar-refractivity contribution in [1.29, 1.82) is 0 Å². The summed E-state index contributed by atoms with van der Waals surface area (Å²) in [7, 11) is 2.11. The fourth-order valence-corrected chi connectivity index (χ4v) is 1.75. The molecule has 0 aliphatic carbocycles. The second kappa shape index (κ2) is 3.45. The smallest absolute Gasteiger partial charge is 0.0843 e. The average Bonchev–Trinajstić information content (AvgIpc) is 1.85. The normalized spacial score (nSPS) is 9.80. The fourth-order valence-electron chi connectivity index (χ4n) is 0.815. The van der Waals surface area contributed by atoms with E-state index < -0.39 is 0 Å². The lowest BCUT2D eigenvalue weighted by molar-refractivity contribution is 1.39. The molecule has 1 aromatic carbocycles. The van der Waals surface area contributed by atoms with Crippen LogP contribution in [0.5, 0.6) is 0 Å². The topological polar surface area (TPSA) is 0 Å². The van der Waals surface area contributed by atoms with Crippen molar-refractivity contribution in [2.75, 3.05) is 0 Å². The Kier molecular flexibility index (Phi) is 2.81. The predicted molar refractivity (Wildman–Crippen MR) is 51.4 cm³/mol. The van der Waals surface area contributed by atoms with E-state index in [1.165, 1.54) is 5.56 Å². The molecular weight excluding hydrogens is 210 g/mol. The van der Waals surface area contributed by atoms with Gasteiger partial charge in [-0.2, -0.15) is 0 Å². The third-order valence-corrected chi connectivity index (χ3v) is 2.01. The number of benzene rings is 1. The summed E-state index contributed by atoms with van der Waals surface area (Å²) in [5.41, 5.74) is 1.26. The molecule has 0 N–H and O–H groups in total. The average molecular weight is 217 g/mol. The van der Waals surface area contributed by atoms with Crippen LogP contribution in [-0.2, 0) is 6.32 Å². The first kappa shape index (κ1) is 8.15. The molecule has 0 saturated carbocycles. The van der Waals surface area contributed by atoms with Gasteiger partial charge in [-0.1, -0.05) is 39.4 Å². The molecule has 0 nitrogen and oxygen atoms in total. The van der Waals surface area contributed by atoms with Crippen LogP contribution in [0.15, 0.2) is 22.7 Å². The molecule has 0 saturated heterocycles. The van der Waals surface area contributed by atoms with Gasteiger partial charge in [-0.05, 0) is 18.2 Å². The minimum atomic E-state index is 0.797. The Hall–Kier alpha value is 0.0549. The van der Waals surface area contributed by atoms with Crippen molar-refractivity contribution in [1.82, 2.24) is 0 Å². The van der Waals surface area contributed by atoms with E-state index in [0.29, 0.717) is 0 Å². The largest absolute Gasteiger partial charge is 0.107 e. The zero-order valence-electron chi connectivity index (χ0n) is 5.70. The van der Waals surface area contributed by atoms with Crippen LogP contribution in [0.2, 0.25) is 5.02 Å². The van der Waals surface area contributed by atoms with Crippen molar-refractivity contribution in [3.8, 4) is 0 Å². The second-order valence-corrected chi connectivity index (χ2v) is 3.48. The predicted octanol–water partition coefficient (Wildman–Crippen LogP) is 2.24. The Balaban J connectivity index is 3.06. The number of hydrogen-bond acceptors (Lipinski definition) is 0. The van der Waals surface area contributed by atoms with Crippen LogP contribution < -0.4 is 0 Å². The van der Waals surface area contributed by atoms with E-state index in [0.717, 1.165) is 15.8 Å². The first-order chi connectivity index (χ1) is 4.72. The summed E-state index contributed by atoms with van der Waals surface area (Å²) in [4.78, 5) is 0. The molecule has 0 bridgehead atoms. The lowest BCUT2D eigenvalue weighted by Gasteiger charge is -1.97. The minimum absolute atomic E-state index is 0.797. The molecule has 0 aliphatic rings. The zero-order chi connectivity index (χ0) is 7.56. The highest BCUT2D eigenvalue weighted by Gasteiger charge is 1.93. The Labute approximate surface area is 75.1 Å². The molecule has 52 valence electrons. The SMILES string of the molecule is BCc1cc(Cl)cc(Br)c1. The molecule has 0 amide bonds. The molecule has 0 atom stereocenters. The molecule has 0 radical (unpaired) electrons. The summed E-state index contributed by atoms with van der Waals surface area (Å²) >= 11 is 9.17. The van der Waals surface area contributed by atoms with Crippen LogP contribution in [0.25, 0.3) is 0 Å². The van der Waals surface area contributed by atoms with Gasteiger partial charge in [0.15, 0.2) is 0 Å². The van der Waals surface area contributed by atoms with Crippen LogP contribution in [0.4, 0.5) is 0 Å². The van der Waals surface area contributed by atoms with E-state index in [-0.39, 0.29) is 0 Å². The van der Waals surface area contributed by atoms with E-state index in [1.54, 1.807) is 0 Å². The quantitative estimate of drug-likeness (QED) is 0.633. The van der Waals surface area contributed by atoms with Crippen molar-refractivity contribution in [3.63, 3.8) is 0 Å². The van der Waals surface area contributed by atoms with Gasteiger partial charge in [0.05, 0.1) is 0 Å². The number of rotatable bonds is 1. The summed E-state index contributed by atoms with van der Waals surface area (Å²) in [6, 6.07) is 5.94. The van der Waals surface area contributed by atoms with Gasteiger partial charge in [-0.3, -0.25) is 0 Å². The highest BCUT2D eigenvalue weighted by molar-refractivity contribution is 9.10. The van der Waals surface area contributed by atoms with Crippen molar-refractivity contribution in [2.24, 2.45) is 0 Å². The summed E-state index contributed by atoms with van der Waals surface area (Å²) in [5, 5.41) is 0.797. The Morgan fingerprint density at radius 2 is 2.10 bits per heavy atom. The van der Waals surface area contributed by atoms with E-state index >= 15 is 0 Å². The maximum absolute atomic E-state index is 5.80. The molecule has 1 aromatic rings. The van der Waals surface area contributed by atoms with E-state index in [9.17, 15) is 0 Å². The van der Waals surface area contributed by atoms with Gasteiger partial charge in [0.1, 0.15) is 7.85 Å². The summed E-state index contributed by atoms with van der Waals surface area (Å²) in [5.74, 6) is 0. The maximum Gasteiger partial charge on any atom is 0.107 e. The number of halogens is 2. The molecule has 0 unspecified atom stereocenters. The zero-order valence-corrected chi connectivity index (χ0v) is 8.04.